The van der Waals surface area contributed by atoms with Gasteiger partial charge in [0.1, 0.15) is 17.1 Å². The second-order valence-corrected chi connectivity index (χ2v) is 3.59. The minimum Gasteiger partial charge on any atom is -0.508 e. The van der Waals surface area contributed by atoms with Crippen LogP contribution in [-0.4, -0.2) is 20.8 Å². The fourth-order valence-electron chi connectivity index (χ4n) is 1.83. The third-order valence-corrected chi connectivity index (χ3v) is 2.56. The van der Waals surface area contributed by atoms with E-state index in [9.17, 15) is 9.90 Å². The Labute approximate surface area is 90.8 Å². The van der Waals surface area contributed by atoms with Gasteiger partial charge in [0, 0.05) is 12.3 Å². The van der Waals surface area contributed by atoms with E-state index in [0.717, 1.165) is 10.9 Å². The Morgan fingerprint density at radius 3 is 2.88 bits per heavy atom. The van der Waals surface area contributed by atoms with Gasteiger partial charge in [-0.25, -0.2) is 4.98 Å². The van der Waals surface area contributed by atoms with Crippen LogP contribution in [0.15, 0.2) is 36.5 Å². The van der Waals surface area contributed by atoms with Crippen molar-refractivity contribution in [3.05, 3.63) is 42.2 Å². The molecule has 4 heteroatoms. The van der Waals surface area contributed by atoms with Crippen LogP contribution in [0.5, 0.6) is 5.75 Å². The first-order chi connectivity index (χ1) is 7.78. The SMILES string of the molecule is O=Cc1cn2c(ccc3ccc(O)cc32)n1. The molecule has 4 nitrogen and oxygen atoms in total. The highest BCUT2D eigenvalue weighted by atomic mass is 16.3. The number of hydrogen-bond donors (Lipinski definition) is 1. The molecule has 0 amide bonds. The number of carbonyl (C=O) groups excluding carboxylic acids is 1. The zero-order valence-electron chi connectivity index (χ0n) is 8.29. The first-order valence-electron chi connectivity index (χ1n) is 4.84. The molecule has 0 aliphatic heterocycles. The third kappa shape index (κ3) is 1.16. The summed E-state index contributed by atoms with van der Waals surface area (Å²) in [4.78, 5) is 14.8. The summed E-state index contributed by atoms with van der Waals surface area (Å²) in [5.41, 5.74) is 1.91. The molecule has 3 aromatic rings. The fourth-order valence-corrected chi connectivity index (χ4v) is 1.83. The average molecular weight is 212 g/mol. The Balaban J connectivity index is 2.50. The lowest BCUT2D eigenvalue weighted by molar-refractivity contribution is 0.111. The molecular formula is C12H8N2O2. The van der Waals surface area contributed by atoms with Gasteiger partial charge in [0.25, 0.3) is 0 Å². The van der Waals surface area contributed by atoms with Crippen LogP contribution in [0, 0.1) is 0 Å². The molecule has 2 aromatic heterocycles. The maximum absolute atomic E-state index is 10.7. The number of carbonyl (C=O) groups is 1. The van der Waals surface area contributed by atoms with Crippen molar-refractivity contribution in [3.63, 3.8) is 0 Å². The summed E-state index contributed by atoms with van der Waals surface area (Å²) in [5, 5.41) is 10.4. The van der Waals surface area contributed by atoms with Crippen LogP contribution in [0.1, 0.15) is 10.5 Å². The number of phenolic OH excluding ortho intramolecular Hbond substituents is 1. The molecule has 0 spiro atoms. The molecule has 2 heterocycles. The number of fused-ring (bicyclic) bond motifs is 3. The summed E-state index contributed by atoms with van der Waals surface area (Å²) < 4.78 is 1.79. The van der Waals surface area contributed by atoms with Gasteiger partial charge in [0.15, 0.2) is 6.29 Å². The van der Waals surface area contributed by atoms with Gasteiger partial charge in [-0.05, 0) is 29.7 Å². The molecule has 0 radical (unpaired) electrons. The van der Waals surface area contributed by atoms with Gasteiger partial charge in [0.2, 0.25) is 0 Å². The Morgan fingerprint density at radius 2 is 2.06 bits per heavy atom. The van der Waals surface area contributed by atoms with Crippen LogP contribution in [0.2, 0.25) is 0 Å². The predicted octanol–water partition coefficient (Wildman–Crippen LogP) is 2.01. The third-order valence-electron chi connectivity index (χ3n) is 2.56. The second kappa shape index (κ2) is 3.06. The molecular weight excluding hydrogens is 204 g/mol. The van der Waals surface area contributed by atoms with Crippen LogP contribution in [0.3, 0.4) is 0 Å². The van der Waals surface area contributed by atoms with Crippen molar-refractivity contribution in [3.8, 4) is 5.75 Å². The van der Waals surface area contributed by atoms with Crippen molar-refractivity contribution in [1.29, 1.82) is 0 Å². The lowest BCUT2D eigenvalue weighted by Gasteiger charge is -2.01. The summed E-state index contributed by atoms with van der Waals surface area (Å²) in [7, 11) is 0. The number of nitrogens with zero attached hydrogens (tertiary/aromatic N) is 2. The predicted molar refractivity (Wildman–Crippen MR) is 59.8 cm³/mol. The number of phenols is 1. The molecule has 0 saturated heterocycles. The molecule has 0 aliphatic carbocycles. The van der Waals surface area contributed by atoms with Gasteiger partial charge in [-0.1, -0.05) is 0 Å². The van der Waals surface area contributed by atoms with Crippen LogP contribution >= 0.6 is 0 Å². The lowest BCUT2D eigenvalue weighted by atomic mass is 10.2. The average Bonchev–Trinajstić information content (AvgIpc) is 2.72. The molecule has 0 unspecified atom stereocenters. The summed E-state index contributed by atoms with van der Waals surface area (Å²) in [6.45, 7) is 0. The quantitative estimate of drug-likeness (QED) is 0.628. The monoisotopic (exact) mass is 212 g/mol. The van der Waals surface area contributed by atoms with Gasteiger partial charge in [-0.2, -0.15) is 0 Å². The summed E-state index contributed by atoms with van der Waals surface area (Å²) in [6, 6.07) is 8.85. The van der Waals surface area contributed by atoms with Gasteiger partial charge >= 0.3 is 0 Å². The van der Waals surface area contributed by atoms with Crippen LogP contribution in [-0.2, 0) is 0 Å². The zero-order chi connectivity index (χ0) is 11.1. The van der Waals surface area contributed by atoms with E-state index in [0.29, 0.717) is 17.6 Å². The number of imidazole rings is 1. The van der Waals surface area contributed by atoms with E-state index >= 15 is 0 Å². The topological polar surface area (TPSA) is 54.6 Å². The number of hydrogen-bond acceptors (Lipinski definition) is 3. The summed E-state index contributed by atoms with van der Waals surface area (Å²) >= 11 is 0. The maximum atomic E-state index is 10.7. The first kappa shape index (κ1) is 8.91. The van der Waals surface area contributed by atoms with E-state index in [4.69, 9.17) is 0 Å². The van der Waals surface area contributed by atoms with Gasteiger partial charge < -0.3 is 5.11 Å². The smallest absolute Gasteiger partial charge is 0.170 e. The number of aromatic hydroxyl groups is 1. The van der Waals surface area contributed by atoms with Crippen molar-refractivity contribution in [2.45, 2.75) is 0 Å². The molecule has 0 saturated carbocycles. The standard InChI is InChI=1S/C12H8N2O2/c15-7-9-6-14-11-5-10(16)3-1-8(11)2-4-12(14)13-9/h1-7,16H. The Bertz CT molecular complexity index is 701. The molecule has 3 rings (SSSR count). The van der Waals surface area contributed by atoms with Gasteiger partial charge in [-0.15, -0.1) is 0 Å². The zero-order valence-corrected chi connectivity index (χ0v) is 8.29. The molecule has 0 atom stereocenters. The van der Waals surface area contributed by atoms with E-state index in [1.807, 2.05) is 18.2 Å². The minimum absolute atomic E-state index is 0.196. The Morgan fingerprint density at radius 1 is 1.25 bits per heavy atom. The highest BCUT2D eigenvalue weighted by molar-refractivity contribution is 5.84. The highest BCUT2D eigenvalue weighted by Crippen LogP contribution is 2.21. The van der Waals surface area contributed by atoms with Crippen molar-refractivity contribution < 1.29 is 9.90 Å². The fraction of sp³-hybridized carbons (Fsp3) is 0. The van der Waals surface area contributed by atoms with Gasteiger partial charge in [0.05, 0.1) is 5.52 Å². The number of pyridine rings is 1. The van der Waals surface area contributed by atoms with E-state index in [-0.39, 0.29) is 5.75 Å². The van der Waals surface area contributed by atoms with Crippen LogP contribution in [0.4, 0.5) is 0 Å². The normalized spacial score (nSPS) is 11.0. The molecule has 16 heavy (non-hydrogen) atoms. The Kier molecular flexibility index (Phi) is 1.71. The van der Waals surface area contributed by atoms with Gasteiger partial charge in [-0.3, -0.25) is 9.20 Å². The van der Waals surface area contributed by atoms with E-state index < -0.39 is 0 Å². The molecule has 0 fully saturated rings. The highest BCUT2D eigenvalue weighted by Gasteiger charge is 2.04. The molecule has 1 N–H and O–H groups in total. The molecule has 78 valence electrons. The van der Waals surface area contributed by atoms with E-state index in [1.165, 1.54) is 0 Å². The second-order valence-electron chi connectivity index (χ2n) is 3.59. The Hall–Kier alpha value is -2.36. The number of rotatable bonds is 1. The molecule has 1 aromatic carbocycles. The summed E-state index contributed by atoms with van der Waals surface area (Å²) in [6.07, 6.45) is 2.37. The first-order valence-corrected chi connectivity index (χ1v) is 4.84. The molecule has 0 aliphatic rings. The van der Waals surface area contributed by atoms with Crippen molar-refractivity contribution >= 4 is 22.8 Å². The number of aldehydes is 1. The number of aromatic nitrogens is 2. The van der Waals surface area contributed by atoms with E-state index in [1.54, 1.807) is 22.7 Å². The van der Waals surface area contributed by atoms with Crippen LogP contribution < -0.4 is 0 Å². The van der Waals surface area contributed by atoms with E-state index in [2.05, 4.69) is 4.98 Å². The van der Waals surface area contributed by atoms with Crippen molar-refractivity contribution in [2.24, 2.45) is 0 Å². The largest absolute Gasteiger partial charge is 0.508 e. The number of benzene rings is 1. The lowest BCUT2D eigenvalue weighted by Crippen LogP contribution is -1.85. The summed E-state index contributed by atoms with van der Waals surface area (Å²) in [5.74, 6) is 0.196. The van der Waals surface area contributed by atoms with Crippen molar-refractivity contribution in [2.75, 3.05) is 0 Å². The van der Waals surface area contributed by atoms with Crippen LogP contribution in [0.25, 0.3) is 16.6 Å². The molecule has 0 bridgehead atoms. The maximum Gasteiger partial charge on any atom is 0.170 e. The van der Waals surface area contributed by atoms with Crippen molar-refractivity contribution in [1.82, 2.24) is 9.38 Å². The minimum atomic E-state index is 0.196.